The van der Waals surface area contributed by atoms with Crippen LogP contribution in [-0.4, -0.2) is 0 Å². The molecule has 0 radical (unpaired) electrons. The van der Waals surface area contributed by atoms with Crippen molar-refractivity contribution in [2.75, 3.05) is 5.84 Å². The summed E-state index contributed by atoms with van der Waals surface area (Å²) >= 11 is 0. The molecule has 1 aromatic rings. The van der Waals surface area contributed by atoms with Crippen LogP contribution in [0.4, 0.5) is 0 Å². The fourth-order valence-electron chi connectivity index (χ4n) is 3.20. The second-order valence-electron chi connectivity index (χ2n) is 6.95. The number of unbranched alkanes of at least 4 members (excludes halogenated alkanes) is 13. The number of hydrogen-bond acceptors (Lipinski definition) is 1. The Hall–Kier alpha value is -0.760. The average molecular weight is 355 g/mol. The first kappa shape index (κ1) is 23.2. The lowest BCUT2D eigenvalue weighted by Crippen LogP contribution is -3.00. The number of pyridine rings is 1. The third-order valence-electron chi connectivity index (χ3n) is 4.76. The van der Waals surface area contributed by atoms with Crippen molar-refractivity contribution in [3.05, 3.63) is 30.1 Å². The highest BCUT2D eigenvalue weighted by atomic mass is 35.5. The lowest BCUT2D eigenvalue weighted by Gasteiger charge is -2.03. The molecule has 0 bridgehead atoms. The van der Waals surface area contributed by atoms with Gasteiger partial charge in [-0.05, 0) is 12.5 Å². The standard InChI is InChI=1S/C21H39N2.ClH/c1-2-3-4-5-6-7-8-9-10-11-12-13-14-15-18-21-19-16-17-20-23(21)22;/h16-17,19-20H,2-15,18,22H2,1H3;1H/q+1;/p-1. The zero-order valence-electron chi connectivity index (χ0n) is 15.8. The zero-order valence-corrected chi connectivity index (χ0v) is 16.6. The van der Waals surface area contributed by atoms with Crippen molar-refractivity contribution in [2.45, 2.75) is 103 Å². The van der Waals surface area contributed by atoms with Gasteiger partial charge in [0, 0.05) is 18.6 Å². The Bertz CT molecular complexity index is 382. The van der Waals surface area contributed by atoms with Crippen LogP contribution < -0.4 is 22.9 Å². The minimum atomic E-state index is 0. The number of nitrogens with two attached hydrogens (primary N) is 1. The predicted octanol–water partition coefficient (Wildman–Crippen LogP) is 2.72. The smallest absolute Gasteiger partial charge is 0.211 e. The van der Waals surface area contributed by atoms with Crippen LogP contribution in [0.1, 0.15) is 103 Å². The number of nitrogens with zero attached hydrogens (tertiary/aromatic N) is 1. The number of aromatic nitrogens is 1. The van der Waals surface area contributed by atoms with Crippen molar-refractivity contribution >= 4 is 0 Å². The first-order chi connectivity index (χ1) is 11.3. The van der Waals surface area contributed by atoms with Crippen molar-refractivity contribution < 1.29 is 17.1 Å². The fraction of sp³-hybridized carbons (Fsp3) is 0.762. The highest BCUT2D eigenvalue weighted by Gasteiger charge is 2.04. The summed E-state index contributed by atoms with van der Waals surface area (Å²) in [6, 6.07) is 6.18. The number of halogens is 1. The molecule has 0 spiro atoms. The molecule has 2 N–H and O–H groups in total. The molecule has 3 heteroatoms. The van der Waals surface area contributed by atoms with E-state index in [1.54, 1.807) is 4.68 Å². The summed E-state index contributed by atoms with van der Waals surface area (Å²) < 4.78 is 1.75. The van der Waals surface area contributed by atoms with E-state index in [0.717, 1.165) is 6.42 Å². The number of nitrogen functional groups attached to an aromatic ring is 1. The summed E-state index contributed by atoms with van der Waals surface area (Å²) in [7, 11) is 0. The maximum absolute atomic E-state index is 5.89. The average Bonchev–Trinajstić information content (AvgIpc) is 2.57. The van der Waals surface area contributed by atoms with Crippen LogP contribution in [0.25, 0.3) is 0 Å². The van der Waals surface area contributed by atoms with Crippen molar-refractivity contribution in [1.82, 2.24) is 0 Å². The van der Waals surface area contributed by atoms with Gasteiger partial charge < -0.3 is 12.4 Å². The van der Waals surface area contributed by atoms with Crippen molar-refractivity contribution in [3.63, 3.8) is 0 Å². The molecule has 0 aliphatic heterocycles. The Kier molecular flexibility index (Phi) is 16.5. The Morgan fingerprint density at radius 2 is 1.17 bits per heavy atom. The van der Waals surface area contributed by atoms with Gasteiger partial charge in [-0.25, -0.2) is 5.84 Å². The molecule has 24 heavy (non-hydrogen) atoms. The summed E-state index contributed by atoms with van der Waals surface area (Å²) in [5, 5.41) is 0. The largest absolute Gasteiger partial charge is 1.00 e. The van der Waals surface area contributed by atoms with Gasteiger partial charge in [-0.15, -0.1) is 0 Å². The van der Waals surface area contributed by atoms with E-state index in [1.165, 1.54) is 95.6 Å². The molecule has 0 unspecified atom stereocenters. The third-order valence-corrected chi connectivity index (χ3v) is 4.76. The van der Waals surface area contributed by atoms with Gasteiger partial charge in [-0.2, -0.15) is 0 Å². The zero-order chi connectivity index (χ0) is 16.6. The molecule has 1 aromatic heterocycles. The van der Waals surface area contributed by atoms with E-state index in [1.807, 2.05) is 12.3 Å². The quantitative estimate of drug-likeness (QED) is 0.293. The topological polar surface area (TPSA) is 29.9 Å². The van der Waals surface area contributed by atoms with Crippen LogP contribution in [0.2, 0.25) is 0 Å². The van der Waals surface area contributed by atoms with Gasteiger partial charge in [-0.1, -0.05) is 95.1 Å². The van der Waals surface area contributed by atoms with Gasteiger partial charge in [0.15, 0.2) is 6.20 Å². The van der Waals surface area contributed by atoms with E-state index in [2.05, 4.69) is 19.1 Å². The van der Waals surface area contributed by atoms with Gasteiger partial charge in [0.25, 0.3) is 0 Å². The molecular weight excluding hydrogens is 316 g/mol. The molecule has 1 heterocycles. The second-order valence-corrected chi connectivity index (χ2v) is 6.95. The lowest BCUT2D eigenvalue weighted by atomic mass is 10.0. The lowest BCUT2D eigenvalue weighted by molar-refractivity contribution is -0.647. The number of rotatable bonds is 15. The van der Waals surface area contributed by atoms with Crippen molar-refractivity contribution in [1.29, 1.82) is 0 Å². The van der Waals surface area contributed by atoms with E-state index in [-0.39, 0.29) is 12.4 Å². The first-order valence-corrected chi connectivity index (χ1v) is 10.1. The Labute approximate surface area is 156 Å². The van der Waals surface area contributed by atoms with E-state index >= 15 is 0 Å². The molecule has 0 atom stereocenters. The fourth-order valence-corrected chi connectivity index (χ4v) is 3.20. The SMILES string of the molecule is CCCCCCCCCCCCCCCCc1cccc[n+]1N.[Cl-]. The molecule has 0 saturated carbocycles. The number of aryl methyl sites for hydroxylation is 1. The molecule has 0 saturated heterocycles. The molecule has 1 rings (SSSR count). The molecule has 0 aromatic carbocycles. The summed E-state index contributed by atoms with van der Waals surface area (Å²) in [6.07, 6.45) is 22.8. The van der Waals surface area contributed by atoms with Crippen LogP contribution in [-0.2, 0) is 6.42 Å². The first-order valence-electron chi connectivity index (χ1n) is 10.1. The summed E-state index contributed by atoms with van der Waals surface area (Å²) in [6.45, 7) is 2.29. The molecule has 0 amide bonds. The van der Waals surface area contributed by atoms with Gasteiger partial charge >= 0.3 is 0 Å². The number of hydrogen-bond donors (Lipinski definition) is 1. The summed E-state index contributed by atoms with van der Waals surface area (Å²) in [5.41, 5.74) is 1.24. The molecule has 140 valence electrons. The third kappa shape index (κ3) is 12.6. The van der Waals surface area contributed by atoms with Crippen LogP contribution in [0.5, 0.6) is 0 Å². The van der Waals surface area contributed by atoms with E-state index in [9.17, 15) is 0 Å². The minimum absolute atomic E-state index is 0. The Morgan fingerprint density at radius 1 is 0.708 bits per heavy atom. The van der Waals surface area contributed by atoms with E-state index in [0.29, 0.717) is 0 Å². The minimum Gasteiger partial charge on any atom is -1.00 e. The molecule has 0 aliphatic rings. The summed E-state index contributed by atoms with van der Waals surface area (Å²) in [5.74, 6) is 5.89. The predicted molar refractivity (Wildman–Crippen MR) is 101 cm³/mol. The van der Waals surface area contributed by atoms with E-state index < -0.39 is 0 Å². The normalized spacial score (nSPS) is 10.5. The van der Waals surface area contributed by atoms with Gasteiger partial charge in [0.1, 0.15) is 0 Å². The molecule has 0 fully saturated rings. The highest BCUT2D eigenvalue weighted by molar-refractivity contribution is 4.97. The van der Waals surface area contributed by atoms with Crippen molar-refractivity contribution in [2.24, 2.45) is 0 Å². The van der Waals surface area contributed by atoms with Crippen molar-refractivity contribution in [3.8, 4) is 0 Å². The monoisotopic (exact) mass is 354 g/mol. The molecule has 0 aliphatic carbocycles. The van der Waals surface area contributed by atoms with E-state index in [4.69, 9.17) is 5.84 Å². The van der Waals surface area contributed by atoms with Crippen LogP contribution in [0.15, 0.2) is 24.4 Å². The maximum Gasteiger partial charge on any atom is 0.211 e. The maximum atomic E-state index is 5.89. The van der Waals surface area contributed by atoms with Gasteiger partial charge in [0.05, 0.1) is 0 Å². The Morgan fingerprint density at radius 3 is 1.62 bits per heavy atom. The Balaban J connectivity index is 0.00000529. The molecule has 2 nitrogen and oxygen atoms in total. The second kappa shape index (κ2) is 17.1. The van der Waals surface area contributed by atoms with Gasteiger partial charge in [-0.3, -0.25) is 0 Å². The van der Waals surface area contributed by atoms with Crippen LogP contribution in [0.3, 0.4) is 0 Å². The molecular formula is C21H39ClN2. The van der Waals surface area contributed by atoms with Gasteiger partial charge in [0.2, 0.25) is 5.69 Å². The van der Waals surface area contributed by atoms with Crippen LogP contribution in [0, 0.1) is 0 Å². The van der Waals surface area contributed by atoms with Crippen LogP contribution >= 0.6 is 0 Å². The highest BCUT2D eigenvalue weighted by Crippen LogP contribution is 2.13. The summed E-state index contributed by atoms with van der Waals surface area (Å²) in [4.78, 5) is 0.